The van der Waals surface area contributed by atoms with E-state index in [0.717, 1.165) is 46.5 Å². The van der Waals surface area contributed by atoms with E-state index in [-0.39, 0.29) is 12.0 Å². The van der Waals surface area contributed by atoms with E-state index < -0.39 is 0 Å². The van der Waals surface area contributed by atoms with Crippen molar-refractivity contribution < 1.29 is 14.3 Å². The lowest BCUT2D eigenvalue weighted by atomic mass is 10.1. The first kappa shape index (κ1) is 18.9. The number of anilines is 1. The van der Waals surface area contributed by atoms with E-state index in [0.29, 0.717) is 17.2 Å². The van der Waals surface area contributed by atoms with Crippen molar-refractivity contribution in [3.05, 3.63) is 53.1 Å². The standard InChI is InChI=1S/C22H24N2O3S/c1-14-6-9-16(10-7-14)21(25)24(13-17-5-4-12-27-17)22-23-19-18(26-3)11-8-15(2)20(19)28-22/h6-11,17H,4-5,12-13H2,1-3H3. The van der Waals surface area contributed by atoms with Gasteiger partial charge in [-0.3, -0.25) is 9.69 Å². The van der Waals surface area contributed by atoms with Crippen LogP contribution < -0.4 is 9.64 Å². The molecule has 1 atom stereocenters. The summed E-state index contributed by atoms with van der Waals surface area (Å²) in [5, 5.41) is 0.684. The van der Waals surface area contributed by atoms with Gasteiger partial charge in [0.1, 0.15) is 11.3 Å². The van der Waals surface area contributed by atoms with E-state index in [2.05, 4.69) is 6.92 Å². The summed E-state index contributed by atoms with van der Waals surface area (Å²) in [6.07, 6.45) is 2.04. The van der Waals surface area contributed by atoms with Crippen LogP contribution in [0.2, 0.25) is 0 Å². The van der Waals surface area contributed by atoms with E-state index in [1.807, 2.05) is 43.3 Å². The predicted octanol–water partition coefficient (Wildman–Crippen LogP) is 4.75. The van der Waals surface area contributed by atoms with Crippen molar-refractivity contribution in [3.63, 3.8) is 0 Å². The molecule has 1 amide bonds. The second-order valence-electron chi connectivity index (χ2n) is 7.18. The molecule has 0 N–H and O–H groups in total. The Morgan fingerprint density at radius 2 is 2.04 bits per heavy atom. The molecule has 0 radical (unpaired) electrons. The molecule has 4 rings (SSSR count). The number of carbonyl (C=O) groups excluding carboxylic acids is 1. The Morgan fingerprint density at radius 1 is 1.25 bits per heavy atom. The summed E-state index contributed by atoms with van der Waals surface area (Å²) in [5.74, 6) is 0.675. The number of nitrogens with zero attached hydrogens (tertiary/aromatic N) is 2. The maximum absolute atomic E-state index is 13.4. The van der Waals surface area contributed by atoms with Crippen LogP contribution in [0.4, 0.5) is 5.13 Å². The summed E-state index contributed by atoms with van der Waals surface area (Å²) in [7, 11) is 1.64. The summed E-state index contributed by atoms with van der Waals surface area (Å²) in [6, 6.07) is 11.6. The molecule has 1 saturated heterocycles. The lowest BCUT2D eigenvalue weighted by Crippen LogP contribution is -2.37. The molecule has 0 bridgehead atoms. The third kappa shape index (κ3) is 3.62. The number of benzene rings is 2. The van der Waals surface area contributed by atoms with Gasteiger partial charge in [-0.1, -0.05) is 35.1 Å². The van der Waals surface area contributed by atoms with E-state index in [9.17, 15) is 4.79 Å². The molecule has 2 aromatic carbocycles. The number of ether oxygens (including phenoxy) is 2. The highest BCUT2D eigenvalue weighted by Crippen LogP contribution is 2.37. The fourth-order valence-electron chi connectivity index (χ4n) is 3.47. The molecule has 3 aromatic rings. The molecule has 6 heteroatoms. The number of fused-ring (bicyclic) bond motifs is 1. The van der Waals surface area contributed by atoms with Crippen molar-refractivity contribution in [1.82, 2.24) is 4.98 Å². The third-order valence-corrected chi connectivity index (χ3v) is 6.31. The number of hydrogen-bond donors (Lipinski definition) is 0. The maximum atomic E-state index is 13.4. The van der Waals surface area contributed by atoms with Crippen LogP contribution in [0.1, 0.15) is 34.3 Å². The van der Waals surface area contributed by atoms with Crippen LogP contribution in [0.15, 0.2) is 36.4 Å². The van der Waals surface area contributed by atoms with Gasteiger partial charge in [0.15, 0.2) is 5.13 Å². The molecule has 2 heterocycles. The number of aromatic nitrogens is 1. The van der Waals surface area contributed by atoms with Crippen molar-refractivity contribution in [2.45, 2.75) is 32.8 Å². The van der Waals surface area contributed by atoms with Crippen molar-refractivity contribution in [3.8, 4) is 5.75 Å². The van der Waals surface area contributed by atoms with Gasteiger partial charge in [-0.05, 0) is 50.5 Å². The Hall–Kier alpha value is -2.44. The zero-order valence-electron chi connectivity index (χ0n) is 16.4. The molecule has 0 saturated carbocycles. The molecular formula is C22H24N2O3S. The first-order valence-corrected chi connectivity index (χ1v) is 10.3. The van der Waals surface area contributed by atoms with Crippen LogP contribution in [0, 0.1) is 13.8 Å². The van der Waals surface area contributed by atoms with E-state index in [1.165, 1.54) is 11.3 Å². The number of hydrogen-bond acceptors (Lipinski definition) is 5. The number of thiazole rings is 1. The monoisotopic (exact) mass is 396 g/mol. The smallest absolute Gasteiger partial charge is 0.260 e. The minimum Gasteiger partial charge on any atom is -0.494 e. The normalized spacial score (nSPS) is 16.5. The molecule has 146 valence electrons. The second-order valence-corrected chi connectivity index (χ2v) is 8.15. The Bertz CT molecular complexity index is 991. The SMILES string of the molecule is COc1ccc(C)c2sc(N(CC3CCCO3)C(=O)c3ccc(C)cc3)nc12. The van der Waals surface area contributed by atoms with Gasteiger partial charge in [0.05, 0.1) is 24.5 Å². The summed E-state index contributed by atoms with van der Waals surface area (Å²) in [4.78, 5) is 19.9. The molecular weight excluding hydrogens is 372 g/mol. The van der Waals surface area contributed by atoms with Gasteiger partial charge < -0.3 is 9.47 Å². The molecule has 28 heavy (non-hydrogen) atoms. The fraction of sp³-hybridized carbons (Fsp3) is 0.364. The molecule has 1 aliphatic heterocycles. The fourth-order valence-corrected chi connectivity index (χ4v) is 4.53. The van der Waals surface area contributed by atoms with Gasteiger partial charge in [-0.25, -0.2) is 4.98 Å². The number of rotatable bonds is 5. The Balaban J connectivity index is 1.76. The summed E-state index contributed by atoms with van der Waals surface area (Å²) in [6.45, 7) is 5.33. The highest BCUT2D eigenvalue weighted by molar-refractivity contribution is 7.22. The summed E-state index contributed by atoms with van der Waals surface area (Å²) < 4.78 is 12.3. The molecule has 1 fully saturated rings. The lowest BCUT2D eigenvalue weighted by Gasteiger charge is -2.23. The molecule has 5 nitrogen and oxygen atoms in total. The van der Waals surface area contributed by atoms with Crippen LogP contribution in [0.3, 0.4) is 0 Å². The van der Waals surface area contributed by atoms with Crippen molar-refractivity contribution in [2.75, 3.05) is 25.2 Å². The van der Waals surface area contributed by atoms with Crippen molar-refractivity contribution >= 4 is 32.6 Å². The highest BCUT2D eigenvalue weighted by atomic mass is 32.1. The summed E-state index contributed by atoms with van der Waals surface area (Å²) >= 11 is 1.53. The lowest BCUT2D eigenvalue weighted by molar-refractivity contribution is 0.0917. The van der Waals surface area contributed by atoms with Gasteiger partial charge in [0.2, 0.25) is 0 Å². The van der Waals surface area contributed by atoms with Gasteiger partial charge in [-0.2, -0.15) is 0 Å². The minimum atomic E-state index is -0.0498. The first-order chi connectivity index (χ1) is 13.6. The van der Waals surface area contributed by atoms with Crippen molar-refractivity contribution in [1.29, 1.82) is 0 Å². The molecule has 0 aliphatic carbocycles. The van der Waals surface area contributed by atoms with Crippen molar-refractivity contribution in [2.24, 2.45) is 0 Å². The Kier molecular flexibility index (Phi) is 5.33. The van der Waals surface area contributed by atoms with Crippen LogP contribution in [0.25, 0.3) is 10.2 Å². The quantitative estimate of drug-likeness (QED) is 0.625. The summed E-state index contributed by atoms with van der Waals surface area (Å²) in [5.41, 5.74) is 3.71. The predicted molar refractivity (Wildman–Crippen MR) is 113 cm³/mol. The van der Waals surface area contributed by atoms with E-state index >= 15 is 0 Å². The Morgan fingerprint density at radius 3 is 2.71 bits per heavy atom. The number of aryl methyl sites for hydroxylation is 2. The number of amides is 1. The second kappa shape index (κ2) is 7.89. The third-order valence-electron chi connectivity index (χ3n) is 5.10. The number of carbonyl (C=O) groups is 1. The molecule has 0 spiro atoms. The van der Waals surface area contributed by atoms with E-state index in [4.69, 9.17) is 14.5 Å². The van der Waals surface area contributed by atoms with E-state index in [1.54, 1.807) is 12.0 Å². The Labute approximate surface area is 168 Å². The van der Waals surface area contributed by atoms with Crippen LogP contribution in [-0.4, -0.2) is 37.3 Å². The van der Waals surface area contributed by atoms with Crippen LogP contribution >= 0.6 is 11.3 Å². The first-order valence-electron chi connectivity index (χ1n) is 9.51. The van der Waals surface area contributed by atoms with Gasteiger partial charge in [0.25, 0.3) is 5.91 Å². The average molecular weight is 397 g/mol. The van der Waals surface area contributed by atoms with Gasteiger partial charge in [0, 0.05) is 12.2 Å². The molecule has 1 aliphatic rings. The average Bonchev–Trinajstić information content (AvgIpc) is 3.37. The minimum absolute atomic E-state index is 0.0457. The van der Waals surface area contributed by atoms with Gasteiger partial charge >= 0.3 is 0 Å². The zero-order valence-corrected chi connectivity index (χ0v) is 17.2. The molecule has 1 aromatic heterocycles. The topological polar surface area (TPSA) is 51.7 Å². The van der Waals surface area contributed by atoms with Crippen LogP contribution in [-0.2, 0) is 4.74 Å². The van der Waals surface area contributed by atoms with Crippen LogP contribution in [0.5, 0.6) is 5.75 Å². The molecule has 1 unspecified atom stereocenters. The maximum Gasteiger partial charge on any atom is 0.260 e. The largest absolute Gasteiger partial charge is 0.494 e. The zero-order chi connectivity index (χ0) is 19.7. The highest BCUT2D eigenvalue weighted by Gasteiger charge is 2.27. The number of methoxy groups -OCH3 is 1. The van der Waals surface area contributed by atoms with Gasteiger partial charge in [-0.15, -0.1) is 0 Å².